The van der Waals surface area contributed by atoms with E-state index in [0.29, 0.717) is 5.82 Å². The lowest BCUT2D eigenvalue weighted by Crippen LogP contribution is -1.92. The van der Waals surface area contributed by atoms with Gasteiger partial charge >= 0.3 is 0 Å². The number of H-pyrrole nitrogens is 1. The number of aromatic nitrogens is 2. The summed E-state index contributed by atoms with van der Waals surface area (Å²) in [7, 11) is 0. The van der Waals surface area contributed by atoms with Gasteiger partial charge in [0.25, 0.3) is 0 Å². The van der Waals surface area contributed by atoms with E-state index in [4.69, 9.17) is 23.2 Å². The highest BCUT2D eigenvalue weighted by atomic mass is 35.5. The second-order valence-electron chi connectivity index (χ2n) is 3.01. The minimum Gasteiger partial charge on any atom is -0.509 e. The number of imidazole rings is 1. The molecule has 5 heteroatoms. The number of aliphatic hydroxyl groups excluding tert-OH is 1. The zero-order valence-corrected chi connectivity index (χ0v) is 9.13. The van der Waals surface area contributed by atoms with E-state index in [0.717, 1.165) is 11.0 Å². The van der Waals surface area contributed by atoms with Crippen LogP contribution in [0.4, 0.5) is 0 Å². The maximum atomic E-state index is 9.34. The number of hydrogen-bond donors (Lipinski definition) is 2. The van der Waals surface area contributed by atoms with Crippen LogP contribution in [0.2, 0.25) is 0 Å². The molecule has 0 atom stereocenters. The minimum absolute atomic E-state index is 0.127. The third-order valence-corrected chi connectivity index (χ3v) is 2.36. The van der Waals surface area contributed by atoms with E-state index < -0.39 is 4.84 Å². The number of alkyl halides is 2. The molecule has 15 heavy (non-hydrogen) atoms. The van der Waals surface area contributed by atoms with E-state index in [1.807, 2.05) is 24.3 Å². The van der Waals surface area contributed by atoms with Crippen LogP contribution in [0.15, 0.2) is 30.0 Å². The zero-order chi connectivity index (χ0) is 10.8. The number of fused-ring (bicyclic) bond motifs is 1. The first kappa shape index (κ1) is 10.3. The van der Waals surface area contributed by atoms with Gasteiger partial charge in [-0.05, 0) is 12.1 Å². The average Bonchev–Trinajstić information content (AvgIpc) is 2.59. The Labute approximate surface area is 96.3 Å². The molecule has 0 aliphatic heterocycles. The molecule has 78 valence electrons. The maximum Gasteiger partial charge on any atom is 0.164 e. The lowest BCUT2D eigenvalue weighted by Gasteiger charge is -1.96. The van der Waals surface area contributed by atoms with Gasteiger partial charge in [-0.15, -0.1) is 0 Å². The SMILES string of the molecule is O/C(=C\c1nc2ccccc2[nH]1)C(Cl)Cl. The number of benzene rings is 1. The Morgan fingerprint density at radius 3 is 2.80 bits per heavy atom. The number of nitrogens with zero attached hydrogens (tertiary/aromatic N) is 1. The van der Waals surface area contributed by atoms with E-state index in [-0.39, 0.29) is 5.76 Å². The largest absolute Gasteiger partial charge is 0.509 e. The highest BCUT2D eigenvalue weighted by molar-refractivity contribution is 6.46. The van der Waals surface area contributed by atoms with Crippen LogP contribution in [0, 0.1) is 0 Å². The summed E-state index contributed by atoms with van der Waals surface area (Å²) in [6.45, 7) is 0. The number of para-hydroxylation sites is 2. The molecule has 1 aromatic heterocycles. The van der Waals surface area contributed by atoms with Gasteiger partial charge in [-0.3, -0.25) is 0 Å². The molecule has 2 aromatic rings. The molecule has 1 aromatic carbocycles. The van der Waals surface area contributed by atoms with Crippen LogP contribution < -0.4 is 0 Å². The van der Waals surface area contributed by atoms with Crippen LogP contribution >= 0.6 is 23.2 Å². The predicted molar refractivity (Wildman–Crippen MR) is 62.2 cm³/mol. The molecule has 0 unspecified atom stereocenters. The quantitative estimate of drug-likeness (QED) is 0.628. The molecule has 0 bridgehead atoms. The molecule has 3 nitrogen and oxygen atoms in total. The fourth-order valence-electron chi connectivity index (χ4n) is 1.24. The Morgan fingerprint density at radius 1 is 1.40 bits per heavy atom. The summed E-state index contributed by atoms with van der Waals surface area (Å²) in [4.78, 5) is 6.31. The molecule has 1 heterocycles. The summed E-state index contributed by atoms with van der Waals surface area (Å²) in [6.07, 6.45) is 1.41. The molecule has 0 aliphatic carbocycles. The van der Waals surface area contributed by atoms with Gasteiger partial charge in [0.2, 0.25) is 0 Å². The maximum absolute atomic E-state index is 9.34. The average molecular weight is 243 g/mol. The van der Waals surface area contributed by atoms with Crippen molar-refractivity contribution in [3.8, 4) is 0 Å². The number of hydrogen-bond acceptors (Lipinski definition) is 2. The van der Waals surface area contributed by atoms with Gasteiger partial charge in [0, 0.05) is 6.08 Å². The third kappa shape index (κ3) is 2.25. The first-order valence-corrected chi connectivity index (χ1v) is 5.17. The molecule has 0 aliphatic rings. The molecule has 2 N–H and O–H groups in total. The molecule has 0 fully saturated rings. The first-order valence-electron chi connectivity index (χ1n) is 4.30. The minimum atomic E-state index is -0.932. The molecule has 2 rings (SSSR count). The van der Waals surface area contributed by atoms with Crippen LogP contribution in [0.25, 0.3) is 17.1 Å². The molecule has 0 amide bonds. The molecule has 0 radical (unpaired) electrons. The van der Waals surface area contributed by atoms with Gasteiger partial charge < -0.3 is 10.1 Å². The smallest absolute Gasteiger partial charge is 0.164 e. The fraction of sp³-hybridized carbons (Fsp3) is 0.100. The number of rotatable bonds is 2. The molecular formula is C10H8Cl2N2O. The van der Waals surface area contributed by atoms with Gasteiger partial charge in [0.1, 0.15) is 11.6 Å². The van der Waals surface area contributed by atoms with Crippen LogP contribution in [0.1, 0.15) is 5.82 Å². The van der Waals surface area contributed by atoms with Crippen molar-refractivity contribution < 1.29 is 5.11 Å². The standard InChI is InChI=1S/C10H8Cl2N2O/c11-10(12)8(15)5-9-13-6-3-1-2-4-7(6)14-9/h1-5,10,15H,(H,13,14)/b8-5-. The van der Waals surface area contributed by atoms with Crippen LogP contribution in [0.3, 0.4) is 0 Å². The van der Waals surface area contributed by atoms with Gasteiger partial charge in [-0.25, -0.2) is 4.98 Å². The lowest BCUT2D eigenvalue weighted by atomic mass is 10.3. The van der Waals surface area contributed by atoms with E-state index in [2.05, 4.69) is 9.97 Å². The van der Waals surface area contributed by atoms with Gasteiger partial charge in [0.15, 0.2) is 4.84 Å². The topological polar surface area (TPSA) is 48.9 Å². The summed E-state index contributed by atoms with van der Waals surface area (Å²) in [6, 6.07) is 7.57. The van der Waals surface area contributed by atoms with Crippen molar-refractivity contribution in [1.82, 2.24) is 9.97 Å². The Bertz CT molecular complexity index is 472. The molecule has 0 spiro atoms. The van der Waals surface area contributed by atoms with Crippen molar-refractivity contribution in [2.45, 2.75) is 4.84 Å². The van der Waals surface area contributed by atoms with Crippen molar-refractivity contribution >= 4 is 40.3 Å². The van der Waals surface area contributed by atoms with Crippen LogP contribution in [0.5, 0.6) is 0 Å². The van der Waals surface area contributed by atoms with Crippen molar-refractivity contribution in [3.63, 3.8) is 0 Å². The van der Waals surface area contributed by atoms with Crippen LogP contribution in [-0.2, 0) is 0 Å². The Hall–Kier alpha value is -1.19. The van der Waals surface area contributed by atoms with Crippen LogP contribution in [-0.4, -0.2) is 19.9 Å². The zero-order valence-electron chi connectivity index (χ0n) is 7.61. The lowest BCUT2D eigenvalue weighted by molar-refractivity contribution is 0.415. The fourth-order valence-corrected chi connectivity index (χ4v) is 1.37. The van der Waals surface area contributed by atoms with Gasteiger partial charge in [0.05, 0.1) is 11.0 Å². The van der Waals surface area contributed by atoms with Gasteiger partial charge in [-0.2, -0.15) is 0 Å². The Balaban J connectivity index is 2.41. The summed E-state index contributed by atoms with van der Waals surface area (Å²) in [5, 5.41) is 9.34. The van der Waals surface area contributed by atoms with E-state index in [9.17, 15) is 5.11 Å². The van der Waals surface area contributed by atoms with E-state index in [1.165, 1.54) is 6.08 Å². The van der Waals surface area contributed by atoms with E-state index >= 15 is 0 Å². The molecule has 0 saturated heterocycles. The predicted octanol–water partition coefficient (Wildman–Crippen LogP) is 3.27. The normalized spacial score (nSPS) is 12.6. The van der Waals surface area contributed by atoms with E-state index in [1.54, 1.807) is 0 Å². The van der Waals surface area contributed by atoms with Crippen molar-refractivity contribution in [2.24, 2.45) is 0 Å². The number of aliphatic hydroxyl groups is 1. The van der Waals surface area contributed by atoms with Gasteiger partial charge in [-0.1, -0.05) is 35.3 Å². The summed E-state index contributed by atoms with van der Waals surface area (Å²) >= 11 is 11.0. The van der Waals surface area contributed by atoms with Crippen molar-refractivity contribution in [3.05, 3.63) is 35.8 Å². The van der Waals surface area contributed by atoms with Crippen molar-refractivity contribution in [1.29, 1.82) is 0 Å². The number of nitrogens with one attached hydrogen (secondary N) is 1. The molecular weight excluding hydrogens is 235 g/mol. The summed E-state index contributed by atoms with van der Waals surface area (Å²) < 4.78 is 0. The number of allylic oxidation sites excluding steroid dienone is 1. The highest BCUT2D eigenvalue weighted by Crippen LogP contribution is 2.16. The highest BCUT2D eigenvalue weighted by Gasteiger charge is 2.06. The monoisotopic (exact) mass is 242 g/mol. The first-order chi connectivity index (χ1) is 7.16. The molecule has 0 saturated carbocycles. The summed E-state index contributed by atoms with van der Waals surface area (Å²) in [5.41, 5.74) is 1.73. The second-order valence-corrected chi connectivity index (χ2v) is 4.11. The van der Waals surface area contributed by atoms with Crippen molar-refractivity contribution in [2.75, 3.05) is 0 Å². The number of aromatic amines is 1. The second kappa shape index (κ2) is 4.13. The Kier molecular flexibility index (Phi) is 2.84. The number of halogens is 2. The third-order valence-electron chi connectivity index (χ3n) is 1.92. The summed E-state index contributed by atoms with van der Waals surface area (Å²) in [5.74, 6) is 0.400. The Morgan fingerprint density at radius 2 is 2.13 bits per heavy atom.